The molecule has 2 rings (SSSR count). The monoisotopic (exact) mass is 592 g/mol. The molecule has 0 atom stereocenters. The van der Waals surface area contributed by atoms with Crippen LogP contribution >= 0.6 is 24.4 Å². The zero-order valence-electron chi connectivity index (χ0n) is 26.7. The van der Waals surface area contributed by atoms with Gasteiger partial charge in [0.25, 0.3) is 0 Å². The quantitative estimate of drug-likeness (QED) is 0.0605. The fourth-order valence-electron chi connectivity index (χ4n) is 5.70. The molecule has 0 unspecified atom stereocenters. The van der Waals surface area contributed by atoms with Crippen LogP contribution in [0.5, 0.6) is 0 Å². The lowest BCUT2D eigenvalue weighted by Gasteiger charge is -2.09. The van der Waals surface area contributed by atoms with E-state index in [9.17, 15) is 0 Å². The Hall–Kier alpha value is -1.38. The normalized spacial score (nSPS) is 11.2. The molecule has 0 aliphatic rings. The summed E-state index contributed by atoms with van der Waals surface area (Å²) in [5, 5.41) is 0. The summed E-state index contributed by atoms with van der Waals surface area (Å²) in [5.74, 6) is 0. The van der Waals surface area contributed by atoms with E-state index in [1.807, 2.05) is 0 Å². The molecule has 0 radical (unpaired) electrons. The van der Waals surface area contributed by atoms with E-state index in [0.29, 0.717) is 6.42 Å². The lowest BCUT2D eigenvalue weighted by Crippen LogP contribution is -2.07. The molecule has 2 aromatic carbocycles. The molecule has 2 heteroatoms. The summed E-state index contributed by atoms with van der Waals surface area (Å²) in [6.07, 6.45) is 30.8. The van der Waals surface area contributed by atoms with Crippen LogP contribution in [0.1, 0.15) is 171 Å². The zero-order valence-corrected chi connectivity index (χ0v) is 28.3. The minimum absolute atomic E-state index is 0.681. The second-order valence-corrected chi connectivity index (χ2v) is 13.3. The van der Waals surface area contributed by atoms with Gasteiger partial charge >= 0.3 is 0 Å². The van der Waals surface area contributed by atoms with Gasteiger partial charge in [-0.25, -0.2) is 0 Å². The van der Waals surface area contributed by atoms with Crippen LogP contribution in [0.2, 0.25) is 0 Å². The van der Waals surface area contributed by atoms with Gasteiger partial charge in [-0.3, -0.25) is 0 Å². The van der Waals surface area contributed by atoms with Gasteiger partial charge in [-0.2, -0.15) is 0 Å². The van der Waals surface area contributed by atoms with Gasteiger partial charge in [0.05, 0.1) is 0 Å². The average molecular weight is 593 g/mol. The van der Waals surface area contributed by atoms with Crippen molar-refractivity contribution in [3.8, 4) is 0 Å². The van der Waals surface area contributed by atoms with Crippen molar-refractivity contribution in [2.45, 2.75) is 162 Å². The molecule has 228 valence electrons. The Labute approximate surface area is 265 Å². The molecule has 0 aliphatic heterocycles. The summed E-state index contributed by atoms with van der Waals surface area (Å²) in [4.78, 5) is 1.91. The van der Waals surface area contributed by atoms with Crippen LogP contribution in [0.25, 0.3) is 0 Å². The van der Waals surface area contributed by atoms with Crippen molar-refractivity contribution in [3.05, 3.63) is 70.8 Å². The Kier molecular flexibility index (Phi) is 21.1. The standard InChI is InChI=1S/C39H60S2/c1-3-5-7-9-11-13-15-17-19-21-23-34-25-29-36(30-26-34)38(40)33-39(41)37-31-27-35(28-32-37)24-22-20-18-16-14-12-10-8-6-4-2/h25-32H,3-24,33H2,1-2H3. The molecular formula is C39H60S2. The van der Waals surface area contributed by atoms with Crippen molar-refractivity contribution < 1.29 is 0 Å². The molecule has 41 heavy (non-hydrogen) atoms. The largest absolute Gasteiger partial charge is 0.0839 e. The summed E-state index contributed by atoms with van der Waals surface area (Å²) < 4.78 is 0. The molecule has 0 spiro atoms. The highest BCUT2D eigenvalue weighted by Crippen LogP contribution is 2.17. The molecule has 0 nitrogen and oxygen atoms in total. The summed E-state index contributed by atoms with van der Waals surface area (Å²) in [6, 6.07) is 17.9. The van der Waals surface area contributed by atoms with E-state index >= 15 is 0 Å². The number of aryl methyl sites for hydroxylation is 2. The predicted molar refractivity (Wildman–Crippen MR) is 192 cm³/mol. The van der Waals surface area contributed by atoms with E-state index in [4.69, 9.17) is 24.4 Å². The number of rotatable bonds is 26. The number of hydrogen-bond donors (Lipinski definition) is 0. The summed E-state index contributed by atoms with van der Waals surface area (Å²) in [7, 11) is 0. The van der Waals surface area contributed by atoms with Gasteiger partial charge in [-0.1, -0.05) is 202 Å². The maximum Gasteiger partial charge on any atom is 0.0277 e. The molecule has 0 aromatic heterocycles. The lowest BCUT2D eigenvalue weighted by molar-refractivity contribution is 0.556. The Morgan fingerprint density at radius 1 is 0.390 bits per heavy atom. The maximum atomic E-state index is 5.79. The first-order valence-corrected chi connectivity index (χ1v) is 18.2. The van der Waals surface area contributed by atoms with Crippen molar-refractivity contribution in [2.24, 2.45) is 0 Å². The van der Waals surface area contributed by atoms with Gasteiger partial charge in [0.1, 0.15) is 0 Å². The third kappa shape index (κ3) is 17.4. The van der Waals surface area contributed by atoms with Crippen molar-refractivity contribution >= 4 is 34.2 Å². The maximum absolute atomic E-state index is 5.79. The molecule has 0 fully saturated rings. The summed E-state index contributed by atoms with van der Waals surface area (Å²) >= 11 is 11.6. The van der Waals surface area contributed by atoms with E-state index in [1.165, 1.54) is 152 Å². The van der Waals surface area contributed by atoms with E-state index < -0.39 is 0 Å². The Bertz CT molecular complexity index is 848. The Morgan fingerprint density at radius 2 is 0.659 bits per heavy atom. The van der Waals surface area contributed by atoms with Crippen LogP contribution in [0.15, 0.2) is 48.5 Å². The molecule has 0 N–H and O–H groups in total. The van der Waals surface area contributed by atoms with Crippen LogP contribution in [-0.2, 0) is 12.8 Å². The second-order valence-electron chi connectivity index (χ2n) is 12.3. The summed E-state index contributed by atoms with van der Waals surface area (Å²) in [5.41, 5.74) is 5.15. The highest BCUT2D eigenvalue weighted by Gasteiger charge is 2.08. The molecule has 0 aliphatic carbocycles. The summed E-state index contributed by atoms with van der Waals surface area (Å²) in [6.45, 7) is 4.58. The van der Waals surface area contributed by atoms with E-state index in [0.717, 1.165) is 20.9 Å². The van der Waals surface area contributed by atoms with Crippen LogP contribution in [0, 0.1) is 0 Å². The van der Waals surface area contributed by atoms with E-state index in [2.05, 4.69) is 62.4 Å². The minimum Gasteiger partial charge on any atom is -0.0839 e. The zero-order chi connectivity index (χ0) is 29.4. The van der Waals surface area contributed by atoms with Gasteiger partial charge in [0, 0.05) is 16.1 Å². The van der Waals surface area contributed by atoms with Gasteiger partial charge in [0.2, 0.25) is 0 Å². The topological polar surface area (TPSA) is 0 Å². The molecule has 0 saturated heterocycles. The molecule has 0 amide bonds. The SMILES string of the molecule is CCCCCCCCCCCCc1ccc(C(=S)CC(=S)c2ccc(CCCCCCCCCCCC)cc2)cc1. The third-order valence-corrected chi connectivity index (χ3v) is 9.27. The van der Waals surface area contributed by atoms with E-state index in [1.54, 1.807) is 0 Å². The van der Waals surface area contributed by atoms with Crippen molar-refractivity contribution in [3.63, 3.8) is 0 Å². The fourth-order valence-corrected chi connectivity index (χ4v) is 6.35. The highest BCUT2D eigenvalue weighted by atomic mass is 32.1. The van der Waals surface area contributed by atoms with Crippen LogP contribution in [0.4, 0.5) is 0 Å². The van der Waals surface area contributed by atoms with Gasteiger partial charge < -0.3 is 0 Å². The van der Waals surface area contributed by atoms with Crippen LogP contribution in [0.3, 0.4) is 0 Å². The fraction of sp³-hybridized carbons (Fsp3) is 0.641. The number of benzene rings is 2. The lowest BCUT2D eigenvalue weighted by atomic mass is 9.99. The number of unbranched alkanes of at least 4 members (excludes halogenated alkanes) is 18. The molecule has 0 heterocycles. The minimum atomic E-state index is 0.681. The van der Waals surface area contributed by atoms with Crippen molar-refractivity contribution in [2.75, 3.05) is 0 Å². The molecule has 0 bridgehead atoms. The third-order valence-electron chi connectivity index (χ3n) is 8.51. The number of hydrogen-bond acceptors (Lipinski definition) is 2. The molecule has 0 saturated carbocycles. The second kappa shape index (κ2) is 24.1. The number of thiocarbonyl (C=S) groups is 2. The predicted octanol–water partition coefficient (Wildman–Crippen LogP) is 13.1. The van der Waals surface area contributed by atoms with Crippen LogP contribution < -0.4 is 0 Å². The van der Waals surface area contributed by atoms with Gasteiger partial charge in [-0.15, -0.1) is 0 Å². The van der Waals surface area contributed by atoms with Crippen LogP contribution in [-0.4, -0.2) is 9.73 Å². The van der Waals surface area contributed by atoms with E-state index in [-0.39, 0.29) is 0 Å². The van der Waals surface area contributed by atoms with Gasteiger partial charge in [-0.05, 0) is 47.9 Å². The average Bonchev–Trinajstić information content (AvgIpc) is 2.99. The molecule has 2 aromatic rings. The van der Waals surface area contributed by atoms with Crippen molar-refractivity contribution in [1.29, 1.82) is 0 Å². The smallest absolute Gasteiger partial charge is 0.0277 e. The van der Waals surface area contributed by atoms with Crippen molar-refractivity contribution in [1.82, 2.24) is 0 Å². The Balaban J connectivity index is 1.58. The Morgan fingerprint density at radius 3 is 0.951 bits per heavy atom. The molecular weight excluding hydrogens is 533 g/mol. The van der Waals surface area contributed by atoms with Gasteiger partial charge in [0.15, 0.2) is 0 Å². The first-order chi connectivity index (χ1) is 20.1. The highest BCUT2D eigenvalue weighted by molar-refractivity contribution is 7.82. The first kappa shape index (κ1) is 35.8. The first-order valence-electron chi connectivity index (χ1n) is 17.4.